The minimum absolute atomic E-state index is 0.0143. The van der Waals surface area contributed by atoms with Crippen molar-refractivity contribution in [1.82, 2.24) is 15.5 Å². The van der Waals surface area contributed by atoms with Gasteiger partial charge in [-0.1, -0.05) is 59.8 Å². The third-order valence-electron chi connectivity index (χ3n) is 6.00. The Kier molecular flexibility index (Phi) is 8.07. The summed E-state index contributed by atoms with van der Waals surface area (Å²) in [5.41, 5.74) is 7.93. The van der Waals surface area contributed by atoms with Gasteiger partial charge in [0.2, 0.25) is 11.8 Å². The number of carboxylic acid groups (broad SMARTS) is 1. The number of rotatable bonds is 7. The number of carbonyl (C=O) groups excluding carboxylic acids is 2. The van der Waals surface area contributed by atoms with Crippen LogP contribution in [-0.4, -0.2) is 57.6 Å². The Morgan fingerprint density at radius 1 is 1.15 bits per heavy atom. The molecule has 0 saturated carbocycles. The van der Waals surface area contributed by atoms with E-state index in [1.165, 1.54) is 0 Å². The number of likely N-dealkylation sites (tertiary alicyclic amines) is 1. The van der Waals surface area contributed by atoms with E-state index in [-0.39, 0.29) is 24.8 Å². The van der Waals surface area contributed by atoms with Crippen molar-refractivity contribution < 1.29 is 24.7 Å². The fourth-order valence-electron chi connectivity index (χ4n) is 4.04. The van der Waals surface area contributed by atoms with Crippen molar-refractivity contribution in [2.24, 2.45) is 10.9 Å². The summed E-state index contributed by atoms with van der Waals surface area (Å²) in [5, 5.41) is 26.6. The van der Waals surface area contributed by atoms with Gasteiger partial charge in [0, 0.05) is 18.7 Å². The number of nitrogens with zero attached hydrogens (tertiary/aromatic N) is 2. The molecule has 0 radical (unpaired) electrons. The third-order valence-corrected chi connectivity index (χ3v) is 6.00. The first-order valence-corrected chi connectivity index (χ1v) is 11.0. The van der Waals surface area contributed by atoms with Crippen molar-refractivity contribution in [3.8, 4) is 0 Å². The van der Waals surface area contributed by atoms with Crippen LogP contribution < -0.4 is 16.4 Å². The number of carbonyl (C=O) groups is 3. The molecule has 180 valence electrons. The Labute approximate surface area is 197 Å². The highest BCUT2D eigenvalue weighted by atomic mass is 16.4. The molecule has 3 rings (SSSR count). The molecule has 10 heteroatoms. The number of hydrogen-bond donors (Lipinski definition) is 5. The highest BCUT2D eigenvalue weighted by molar-refractivity contribution is 5.97. The van der Waals surface area contributed by atoms with E-state index in [9.17, 15) is 19.5 Å². The van der Waals surface area contributed by atoms with E-state index in [0.717, 1.165) is 16.0 Å². The zero-order valence-electron chi connectivity index (χ0n) is 18.8. The lowest BCUT2D eigenvalue weighted by molar-refractivity contribution is -0.132. The minimum atomic E-state index is -1.15. The molecule has 1 aliphatic heterocycles. The quantitative estimate of drug-likeness (QED) is 0.181. The van der Waals surface area contributed by atoms with E-state index in [1.807, 2.05) is 30.3 Å². The van der Waals surface area contributed by atoms with Crippen LogP contribution in [0.1, 0.15) is 42.4 Å². The molecule has 0 aliphatic carbocycles. The average molecular weight is 468 g/mol. The lowest BCUT2D eigenvalue weighted by Crippen LogP contribution is -2.56. The monoisotopic (exact) mass is 467 g/mol. The van der Waals surface area contributed by atoms with E-state index in [1.54, 1.807) is 31.2 Å². The van der Waals surface area contributed by atoms with Gasteiger partial charge in [-0.2, -0.15) is 0 Å². The van der Waals surface area contributed by atoms with Gasteiger partial charge in [0.1, 0.15) is 12.1 Å². The van der Waals surface area contributed by atoms with Gasteiger partial charge in [-0.05, 0) is 36.8 Å². The Morgan fingerprint density at radius 3 is 2.44 bits per heavy atom. The molecule has 0 unspecified atom stereocenters. The van der Waals surface area contributed by atoms with Crippen molar-refractivity contribution in [3.63, 3.8) is 0 Å². The van der Waals surface area contributed by atoms with Gasteiger partial charge < -0.3 is 26.7 Å². The largest absolute Gasteiger partial charge is 0.465 e. The first-order chi connectivity index (χ1) is 16.3. The van der Waals surface area contributed by atoms with Crippen LogP contribution in [0.5, 0.6) is 0 Å². The maximum Gasteiger partial charge on any atom is 0.407 e. The Morgan fingerprint density at radius 2 is 1.82 bits per heavy atom. The van der Waals surface area contributed by atoms with Gasteiger partial charge in [0.15, 0.2) is 5.84 Å². The molecular formula is C24H29N5O5. The summed E-state index contributed by atoms with van der Waals surface area (Å²) >= 11 is 0. The number of amidine groups is 1. The van der Waals surface area contributed by atoms with Crippen molar-refractivity contribution in [3.05, 3.63) is 71.3 Å². The second-order valence-corrected chi connectivity index (χ2v) is 8.25. The molecule has 3 atom stereocenters. The summed E-state index contributed by atoms with van der Waals surface area (Å²) in [6, 6.07) is 14.8. The van der Waals surface area contributed by atoms with E-state index >= 15 is 0 Å². The number of nitrogens with two attached hydrogens (primary N) is 1. The molecule has 2 aromatic carbocycles. The zero-order valence-corrected chi connectivity index (χ0v) is 18.8. The Hall–Kier alpha value is -4.08. The molecule has 1 fully saturated rings. The van der Waals surface area contributed by atoms with Crippen LogP contribution in [0.4, 0.5) is 4.79 Å². The van der Waals surface area contributed by atoms with Crippen LogP contribution in [0.3, 0.4) is 0 Å². The van der Waals surface area contributed by atoms with Crippen molar-refractivity contribution in [1.29, 1.82) is 0 Å². The number of benzene rings is 2. The van der Waals surface area contributed by atoms with Crippen LogP contribution >= 0.6 is 0 Å². The standard InChI is InChI=1S/C24H29N5O5/c1-15(22(30)26-14-16-7-9-18(10-8-16)21(25)28-34)27-23(31)20-13-19(11-12-29(20)24(32)33)17-5-3-2-4-6-17/h2-10,15,19-20,34H,11-14H2,1H3,(H2,25,28)(H,26,30)(H,27,31)(H,32,33)/t15-,19-,20+/m0/s1. The lowest BCUT2D eigenvalue weighted by atomic mass is 9.85. The topological polar surface area (TPSA) is 157 Å². The van der Waals surface area contributed by atoms with E-state index in [2.05, 4.69) is 15.8 Å². The predicted octanol–water partition coefficient (Wildman–Crippen LogP) is 1.83. The molecule has 6 N–H and O–H groups in total. The van der Waals surface area contributed by atoms with Gasteiger partial charge in [-0.3, -0.25) is 14.5 Å². The first kappa shape index (κ1) is 24.6. The highest BCUT2D eigenvalue weighted by Gasteiger charge is 2.37. The maximum atomic E-state index is 13.0. The number of oxime groups is 1. The molecule has 0 aromatic heterocycles. The van der Waals surface area contributed by atoms with Crippen LogP contribution in [0.15, 0.2) is 59.8 Å². The van der Waals surface area contributed by atoms with Crippen LogP contribution in [-0.2, 0) is 16.1 Å². The second kappa shape index (κ2) is 11.2. The molecule has 0 bridgehead atoms. The number of piperidine rings is 1. The zero-order chi connectivity index (χ0) is 24.7. The summed E-state index contributed by atoms with van der Waals surface area (Å²) in [4.78, 5) is 38.4. The summed E-state index contributed by atoms with van der Waals surface area (Å²) in [6.07, 6.45) is -0.174. The van der Waals surface area contributed by atoms with E-state index in [4.69, 9.17) is 10.9 Å². The third kappa shape index (κ3) is 6.03. The maximum absolute atomic E-state index is 13.0. The van der Waals surface area contributed by atoms with Gasteiger partial charge in [0.25, 0.3) is 0 Å². The summed E-state index contributed by atoms with van der Waals surface area (Å²) in [5.74, 6) is -0.843. The average Bonchev–Trinajstić information content (AvgIpc) is 2.87. The van der Waals surface area contributed by atoms with Gasteiger partial charge in [-0.25, -0.2) is 4.79 Å². The first-order valence-electron chi connectivity index (χ1n) is 11.0. The van der Waals surface area contributed by atoms with Gasteiger partial charge >= 0.3 is 6.09 Å². The normalized spacial score (nSPS) is 19.2. The molecular weight excluding hydrogens is 438 g/mol. The molecule has 1 heterocycles. The molecule has 34 heavy (non-hydrogen) atoms. The second-order valence-electron chi connectivity index (χ2n) is 8.25. The van der Waals surface area contributed by atoms with Crippen molar-refractivity contribution in [2.75, 3.05) is 6.54 Å². The SMILES string of the molecule is C[C@H](NC(=O)[C@H]1C[C@@H](c2ccccc2)CCN1C(=O)O)C(=O)NCc1ccc(/C(N)=N/O)cc1. The van der Waals surface area contributed by atoms with Gasteiger partial charge in [0.05, 0.1) is 0 Å². The summed E-state index contributed by atoms with van der Waals surface area (Å²) < 4.78 is 0. The highest BCUT2D eigenvalue weighted by Crippen LogP contribution is 2.31. The fourth-order valence-corrected chi connectivity index (χ4v) is 4.04. The Bertz CT molecular complexity index is 1040. The molecule has 0 spiro atoms. The Balaban J connectivity index is 1.58. The van der Waals surface area contributed by atoms with Crippen LogP contribution in [0.25, 0.3) is 0 Å². The van der Waals surface area contributed by atoms with Crippen molar-refractivity contribution >= 4 is 23.7 Å². The molecule has 2 aromatic rings. The smallest absolute Gasteiger partial charge is 0.407 e. The van der Waals surface area contributed by atoms with Crippen molar-refractivity contribution in [2.45, 2.75) is 44.3 Å². The predicted molar refractivity (Wildman–Crippen MR) is 125 cm³/mol. The minimum Gasteiger partial charge on any atom is -0.465 e. The molecule has 1 saturated heterocycles. The summed E-state index contributed by atoms with van der Waals surface area (Å²) in [7, 11) is 0. The molecule has 3 amide bonds. The number of nitrogens with one attached hydrogen (secondary N) is 2. The van der Waals surface area contributed by atoms with Gasteiger partial charge in [-0.15, -0.1) is 0 Å². The van der Waals surface area contributed by atoms with E-state index in [0.29, 0.717) is 18.4 Å². The number of hydrogen-bond acceptors (Lipinski definition) is 5. The molecule has 1 aliphatic rings. The van der Waals surface area contributed by atoms with Crippen LogP contribution in [0, 0.1) is 0 Å². The van der Waals surface area contributed by atoms with Crippen LogP contribution in [0.2, 0.25) is 0 Å². The fraction of sp³-hybridized carbons (Fsp3) is 0.333. The summed E-state index contributed by atoms with van der Waals surface area (Å²) in [6.45, 7) is 2.02. The van der Waals surface area contributed by atoms with E-state index < -0.39 is 30.0 Å². The number of amides is 3. The molecule has 10 nitrogen and oxygen atoms in total. The lowest BCUT2D eigenvalue weighted by Gasteiger charge is -2.37.